The molecule has 9 heteroatoms. The Bertz CT molecular complexity index is 1600. The lowest BCUT2D eigenvalue weighted by Crippen LogP contribution is -2.40. The number of amides is 1. The van der Waals surface area contributed by atoms with Gasteiger partial charge in [-0.1, -0.05) is 24.3 Å². The molecule has 1 amide bonds. The summed E-state index contributed by atoms with van der Waals surface area (Å²) >= 11 is 1.45. The molecule has 3 aromatic heterocycles. The van der Waals surface area contributed by atoms with E-state index in [9.17, 15) is 14.0 Å². The van der Waals surface area contributed by atoms with E-state index < -0.39 is 0 Å². The number of likely N-dealkylation sites (tertiary alicyclic amines) is 1. The van der Waals surface area contributed by atoms with Crippen molar-refractivity contribution in [2.24, 2.45) is 0 Å². The number of benzene rings is 2. The first-order valence-corrected chi connectivity index (χ1v) is 12.5. The molecule has 0 bridgehead atoms. The fourth-order valence-corrected chi connectivity index (χ4v) is 6.14. The number of aryl methyl sites for hydroxylation is 1. The van der Waals surface area contributed by atoms with E-state index in [4.69, 9.17) is 0 Å². The number of nitrogens with zero attached hydrogens (tertiary/aromatic N) is 4. The van der Waals surface area contributed by atoms with Gasteiger partial charge in [0.25, 0.3) is 5.91 Å². The average molecular weight is 490 g/mol. The van der Waals surface area contributed by atoms with Crippen molar-refractivity contribution < 1.29 is 9.18 Å². The van der Waals surface area contributed by atoms with E-state index in [0.717, 1.165) is 45.3 Å². The number of fused-ring (bicyclic) bond motifs is 2. The number of halogens is 1. The number of rotatable bonds is 4. The molecular formula is C26H24FN5O2S. The van der Waals surface area contributed by atoms with E-state index in [1.807, 2.05) is 51.4 Å². The number of piperidine rings is 1. The maximum absolute atomic E-state index is 13.3. The van der Waals surface area contributed by atoms with Gasteiger partial charge in [-0.15, -0.1) is 11.3 Å². The summed E-state index contributed by atoms with van der Waals surface area (Å²) in [5.74, 6) is -0.249. The Hall–Kier alpha value is -3.72. The largest absolute Gasteiger partial charge is 0.338 e. The number of aromatic amines is 1. The molecule has 1 N–H and O–H groups in total. The molecule has 0 atom stereocenters. The van der Waals surface area contributed by atoms with Gasteiger partial charge in [0.2, 0.25) is 0 Å². The van der Waals surface area contributed by atoms with Gasteiger partial charge >= 0.3 is 5.69 Å². The highest BCUT2D eigenvalue weighted by molar-refractivity contribution is 7.20. The first-order valence-electron chi connectivity index (χ1n) is 11.7. The number of hydrogen-bond donors (Lipinski definition) is 1. The molecule has 7 nitrogen and oxygen atoms in total. The van der Waals surface area contributed by atoms with Crippen LogP contribution in [0.3, 0.4) is 0 Å². The Kier molecular flexibility index (Phi) is 5.29. The van der Waals surface area contributed by atoms with Crippen LogP contribution in [0.4, 0.5) is 4.39 Å². The van der Waals surface area contributed by atoms with Crippen LogP contribution in [0.15, 0.2) is 59.4 Å². The van der Waals surface area contributed by atoms with Crippen molar-refractivity contribution in [2.45, 2.75) is 32.4 Å². The van der Waals surface area contributed by atoms with Crippen LogP contribution in [0.1, 0.15) is 39.8 Å². The minimum absolute atomic E-state index is 0.0173. The monoisotopic (exact) mass is 489 g/mol. The maximum atomic E-state index is 13.3. The van der Waals surface area contributed by atoms with Gasteiger partial charge in [-0.25, -0.2) is 9.18 Å². The van der Waals surface area contributed by atoms with Crippen molar-refractivity contribution in [3.8, 4) is 0 Å². The van der Waals surface area contributed by atoms with Crippen LogP contribution >= 0.6 is 11.3 Å². The third kappa shape index (κ3) is 3.85. The van der Waals surface area contributed by atoms with Crippen LogP contribution in [-0.2, 0) is 6.54 Å². The minimum Gasteiger partial charge on any atom is -0.338 e. The summed E-state index contributed by atoms with van der Waals surface area (Å²) in [7, 11) is 0. The van der Waals surface area contributed by atoms with Gasteiger partial charge < -0.3 is 9.88 Å². The van der Waals surface area contributed by atoms with Gasteiger partial charge in [0, 0.05) is 24.5 Å². The molecule has 1 saturated heterocycles. The molecule has 4 heterocycles. The highest BCUT2D eigenvalue weighted by Crippen LogP contribution is 2.31. The predicted octanol–water partition coefficient (Wildman–Crippen LogP) is 4.71. The van der Waals surface area contributed by atoms with E-state index in [-0.39, 0.29) is 23.5 Å². The third-order valence-corrected chi connectivity index (χ3v) is 7.94. The number of nitrogens with one attached hydrogen (secondary N) is 1. The van der Waals surface area contributed by atoms with Gasteiger partial charge in [-0.3, -0.25) is 14.0 Å². The molecular weight excluding hydrogens is 465 g/mol. The van der Waals surface area contributed by atoms with Crippen molar-refractivity contribution in [3.63, 3.8) is 0 Å². The first-order chi connectivity index (χ1) is 17.0. The normalized spacial score (nSPS) is 14.9. The van der Waals surface area contributed by atoms with E-state index in [1.165, 1.54) is 23.5 Å². The highest BCUT2D eigenvalue weighted by Gasteiger charge is 2.28. The lowest BCUT2D eigenvalue weighted by atomic mass is 10.0. The number of hydrogen-bond acceptors (Lipinski definition) is 4. The predicted molar refractivity (Wildman–Crippen MR) is 135 cm³/mol. The number of aromatic nitrogens is 4. The third-order valence-electron chi connectivity index (χ3n) is 6.80. The van der Waals surface area contributed by atoms with Crippen LogP contribution < -0.4 is 5.69 Å². The highest BCUT2D eigenvalue weighted by atomic mass is 32.1. The number of para-hydroxylation sites is 2. The van der Waals surface area contributed by atoms with Crippen molar-refractivity contribution in [1.82, 2.24) is 24.2 Å². The number of carbonyl (C=O) groups is 1. The van der Waals surface area contributed by atoms with Crippen molar-refractivity contribution in [2.75, 3.05) is 13.1 Å². The minimum atomic E-state index is -0.266. The zero-order valence-electron chi connectivity index (χ0n) is 19.2. The number of H-pyrrole nitrogens is 1. The van der Waals surface area contributed by atoms with E-state index in [1.54, 1.807) is 12.1 Å². The zero-order chi connectivity index (χ0) is 24.1. The van der Waals surface area contributed by atoms with Crippen LogP contribution in [0.5, 0.6) is 0 Å². The van der Waals surface area contributed by atoms with Gasteiger partial charge in [-0.05, 0) is 55.7 Å². The van der Waals surface area contributed by atoms with E-state index >= 15 is 0 Å². The van der Waals surface area contributed by atoms with Crippen molar-refractivity contribution in [1.29, 1.82) is 0 Å². The molecule has 0 saturated carbocycles. The van der Waals surface area contributed by atoms with Crippen LogP contribution in [-0.4, -0.2) is 43.2 Å². The Morgan fingerprint density at radius 3 is 2.66 bits per heavy atom. The standard InChI is InChI=1S/C26H24FN5O2S/c1-16-20-14-23(35-25(20)31(29-16)15-17-6-8-18(27)9-7-17)24(33)30-12-10-19(11-13-30)32-22-5-3-2-4-21(22)28-26(32)34/h2-9,14,19H,10-13,15H2,1H3,(H,28,34). The number of thiophene rings is 1. The fraction of sp³-hybridized carbons (Fsp3) is 0.269. The zero-order valence-corrected chi connectivity index (χ0v) is 20.0. The molecule has 1 aliphatic heterocycles. The van der Waals surface area contributed by atoms with Crippen molar-refractivity contribution >= 4 is 38.5 Å². The molecule has 6 rings (SSSR count). The maximum Gasteiger partial charge on any atom is 0.326 e. The molecule has 1 fully saturated rings. The molecule has 1 aliphatic rings. The van der Waals surface area contributed by atoms with Gasteiger partial charge in [-0.2, -0.15) is 5.10 Å². The Balaban J connectivity index is 1.20. The summed E-state index contributed by atoms with van der Waals surface area (Å²) in [4.78, 5) is 32.3. The topological polar surface area (TPSA) is 75.9 Å². The molecule has 0 radical (unpaired) electrons. The lowest BCUT2D eigenvalue weighted by molar-refractivity contribution is 0.0700. The SMILES string of the molecule is Cc1nn(Cc2ccc(F)cc2)c2sc(C(=O)N3CCC(n4c(=O)[nH]c5ccccc54)CC3)cc12. The summed E-state index contributed by atoms with van der Waals surface area (Å²) in [6, 6.07) is 16.1. The summed E-state index contributed by atoms with van der Waals surface area (Å²) in [6.45, 7) is 3.66. The van der Waals surface area contributed by atoms with Crippen molar-refractivity contribution in [3.05, 3.63) is 87.0 Å². The van der Waals surface area contributed by atoms with Crippen LogP contribution in [0.2, 0.25) is 0 Å². The molecule has 178 valence electrons. The Morgan fingerprint density at radius 2 is 1.89 bits per heavy atom. The Morgan fingerprint density at radius 1 is 1.14 bits per heavy atom. The van der Waals surface area contributed by atoms with Gasteiger partial charge in [0.15, 0.2) is 0 Å². The second-order valence-corrected chi connectivity index (χ2v) is 10.1. The van der Waals surface area contributed by atoms with Gasteiger partial charge in [0.1, 0.15) is 10.6 Å². The summed E-state index contributed by atoms with van der Waals surface area (Å²) in [5, 5.41) is 5.60. The number of carbonyl (C=O) groups excluding carboxylic acids is 1. The van der Waals surface area contributed by atoms with Gasteiger partial charge in [0.05, 0.1) is 28.1 Å². The molecule has 0 spiro atoms. The quantitative estimate of drug-likeness (QED) is 0.397. The number of imidazole rings is 1. The first kappa shape index (κ1) is 21.8. The molecule has 2 aromatic carbocycles. The lowest BCUT2D eigenvalue weighted by Gasteiger charge is -2.32. The molecule has 0 aliphatic carbocycles. The average Bonchev–Trinajstić information content (AvgIpc) is 3.53. The van der Waals surface area contributed by atoms with E-state index in [0.29, 0.717) is 24.5 Å². The molecule has 35 heavy (non-hydrogen) atoms. The second kappa shape index (κ2) is 8.49. The fourth-order valence-electron chi connectivity index (χ4n) is 5.01. The Labute approximate surface area is 204 Å². The smallest absolute Gasteiger partial charge is 0.326 e. The second-order valence-electron chi connectivity index (χ2n) is 9.04. The van der Waals surface area contributed by atoms with Crippen LogP contribution in [0.25, 0.3) is 21.3 Å². The summed E-state index contributed by atoms with van der Waals surface area (Å²) in [5.41, 5.74) is 3.47. The molecule has 0 unspecified atom stereocenters. The molecule has 5 aromatic rings. The van der Waals surface area contributed by atoms with Crippen LogP contribution in [0, 0.1) is 12.7 Å². The summed E-state index contributed by atoms with van der Waals surface area (Å²) in [6.07, 6.45) is 1.46. The van der Waals surface area contributed by atoms with E-state index in [2.05, 4.69) is 10.1 Å². The summed E-state index contributed by atoms with van der Waals surface area (Å²) < 4.78 is 17.0.